The van der Waals surface area contributed by atoms with Crippen LogP contribution in [0, 0.1) is 0 Å². The van der Waals surface area contributed by atoms with Crippen molar-refractivity contribution in [3.63, 3.8) is 0 Å². The summed E-state index contributed by atoms with van der Waals surface area (Å²) >= 11 is 0. The lowest BCUT2D eigenvalue weighted by Crippen LogP contribution is -2.51. The minimum atomic E-state index is -4.49. The molecule has 1 aromatic heterocycles. The summed E-state index contributed by atoms with van der Waals surface area (Å²) in [5, 5.41) is 15.4. The van der Waals surface area contributed by atoms with Gasteiger partial charge in [-0.3, -0.25) is 0 Å². The lowest BCUT2D eigenvalue weighted by molar-refractivity contribution is 0.493. The molecule has 1 saturated heterocycles. The third-order valence-corrected chi connectivity index (χ3v) is 8.67. The van der Waals surface area contributed by atoms with Crippen molar-refractivity contribution < 1.29 is 16.8 Å². The molecule has 14 heteroatoms. The number of aromatic amines is 1. The fourth-order valence-corrected chi connectivity index (χ4v) is 6.93. The predicted octanol–water partition coefficient (Wildman–Crippen LogP) is 0.375. The van der Waals surface area contributed by atoms with Crippen molar-refractivity contribution in [2.45, 2.75) is 15.0 Å². The fourth-order valence-electron chi connectivity index (χ4n) is 3.75. The molecule has 3 aromatic rings. The van der Waals surface area contributed by atoms with Crippen LogP contribution in [0.5, 0.6) is 0 Å². The minimum absolute atomic E-state index is 0.00152. The van der Waals surface area contributed by atoms with Gasteiger partial charge in [0.1, 0.15) is 4.90 Å². The number of nitrogens with one attached hydrogen (secondary N) is 2. The highest BCUT2D eigenvalue weighted by Gasteiger charge is 2.38. The van der Waals surface area contributed by atoms with Crippen LogP contribution < -0.4 is 16.2 Å². The van der Waals surface area contributed by atoms with E-state index in [0.717, 1.165) is 0 Å². The molecule has 166 valence electrons. The van der Waals surface area contributed by atoms with Gasteiger partial charge in [-0.1, -0.05) is 12.1 Å². The molecule has 32 heavy (non-hydrogen) atoms. The zero-order chi connectivity index (χ0) is 22.7. The normalized spacial score (nSPS) is 17.0. The summed E-state index contributed by atoms with van der Waals surface area (Å²) < 4.78 is 51.9. The first kappa shape index (κ1) is 20.7. The number of rotatable bonds is 5. The number of benzene rings is 2. The van der Waals surface area contributed by atoms with Gasteiger partial charge < -0.3 is 16.0 Å². The Morgan fingerprint density at radius 3 is 2.47 bits per heavy atom. The molecule has 0 saturated carbocycles. The summed E-state index contributed by atoms with van der Waals surface area (Å²) in [6.07, 6.45) is 0. The zero-order valence-electron chi connectivity index (χ0n) is 16.5. The first-order valence-corrected chi connectivity index (χ1v) is 12.6. The molecule has 0 aliphatic carbocycles. The van der Waals surface area contributed by atoms with E-state index in [1.54, 1.807) is 18.2 Å². The molecule has 0 bridgehead atoms. The van der Waals surface area contributed by atoms with Crippen LogP contribution in [0.25, 0.3) is 22.2 Å². The number of nitrogens with zero attached hydrogens (tertiary/aromatic N) is 4. The van der Waals surface area contributed by atoms with E-state index in [-0.39, 0.29) is 42.0 Å². The van der Waals surface area contributed by atoms with Crippen LogP contribution in [0.2, 0.25) is 0 Å². The Balaban J connectivity index is 1.84. The van der Waals surface area contributed by atoms with Crippen molar-refractivity contribution in [1.82, 2.24) is 15.3 Å². The number of sulfone groups is 1. The number of H-pyrrole nitrogens is 1. The molecule has 2 aliphatic heterocycles. The highest BCUT2D eigenvalue weighted by molar-refractivity contribution is 7.94. The molecule has 0 radical (unpaired) electrons. The second kappa shape index (κ2) is 7.16. The summed E-state index contributed by atoms with van der Waals surface area (Å²) in [7, 11) is -8.47. The summed E-state index contributed by atoms with van der Waals surface area (Å²) in [5.74, 6) is 0.226. The van der Waals surface area contributed by atoms with E-state index in [0.29, 0.717) is 22.2 Å². The van der Waals surface area contributed by atoms with Crippen LogP contribution >= 0.6 is 0 Å². The highest BCUT2D eigenvalue weighted by atomic mass is 32.2. The number of azo groups is 1. The van der Waals surface area contributed by atoms with Crippen molar-refractivity contribution in [3.8, 4) is 11.1 Å². The highest BCUT2D eigenvalue weighted by Crippen LogP contribution is 2.37. The van der Waals surface area contributed by atoms with E-state index in [1.165, 1.54) is 12.1 Å². The summed E-state index contributed by atoms with van der Waals surface area (Å²) in [6, 6.07) is 7.94. The second-order valence-corrected chi connectivity index (χ2v) is 11.1. The average molecular weight is 475 g/mol. The number of fused-ring (bicyclic) bond motifs is 1. The number of nitrogen functional groups attached to an aromatic ring is 1. The number of primary sulfonamides is 1. The fraction of sp³-hybridized carbons (Fsp3) is 0.222. The first-order chi connectivity index (χ1) is 15.2. The van der Waals surface area contributed by atoms with Crippen LogP contribution in [-0.4, -0.2) is 57.6 Å². The van der Waals surface area contributed by atoms with Crippen molar-refractivity contribution in [2.75, 3.05) is 25.5 Å². The van der Waals surface area contributed by atoms with Gasteiger partial charge in [0, 0.05) is 18.7 Å². The van der Waals surface area contributed by atoms with Crippen LogP contribution in [0.4, 0.5) is 5.95 Å². The van der Waals surface area contributed by atoms with Crippen LogP contribution in [0.3, 0.4) is 0 Å². The number of nitrogens with two attached hydrogens (primary N) is 2. The van der Waals surface area contributed by atoms with E-state index in [9.17, 15) is 16.8 Å². The number of anilines is 1. The number of amidine groups is 1. The quantitative estimate of drug-likeness (QED) is 0.409. The van der Waals surface area contributed by atoms with Gasteiger partial charge in [0.05, 0.1) is 21.2 Å². The van der Waals surface area contributed by atoms with E-state index < -0.39 is 30.0 Å². The number of sulfonamides is 1. The third-order valence-electron chi connectivity index (χ3n) is 5.38. The Morgan fingerprint density at radius 2 is 1.84 bits per heavy atom. The predicted molar refractivity (Wildman–Crippen MR) is 117 cm³/mol. The van der Waals surface area contributed by atoms with E-state index in [1.807, 2.05) is 0 Å². The molecule has 2 aliphatic rings. The Bertz CT molecular complexity index is 1540. The summed E-state index contributed by atoms with van der Waals surface area (Å²) in [5.41, 5.74) is 7.91. The average Bonchev–Trinajstić information content (AvgIpc) is 3.32. The van der Waals surface area contributed by atoms with Crippen molar-refractivity contribution >= 4 is 42.7 Å². The Hall–Kier alpha value is -3.20. The Kier molecular flexibility index (Phi) is 4.63. The SMILES string of the molecule is Nc1nc2ccc(-c3ccc(S(=O)(=O)C4CNC4)c(S(N)(=O)=O)c3C3=NCN=N3)cc2[nH]1. The van der Waals surface area contributed by atoms with Crippen molar-refractivity contribution in [2.24, 2.45) is 20.4 Å². The van der Waals surface area contributed by atoms with Crippen LogP contribution in [-0.2, 0) is 19.9 Å². The number of aromatic nitrogens is 2. The maximum Gasteiger partial charge on any atom is 0.240 e. The van der Waals surface area contributed by atoms with Gasteiger partial charge in [-0.05, 0) is 29.3 Å². The molecule has 0 atom stereocenters. The molecule has 0 amide bonds. The Morgan fingerprint density at radius 1 is 1.06 bits per heavy atom. The molecule has 12 nitrogen and oxygen atoms in total. The molecule has 1 fully saturated rings. The first-order valence-electron chi connectivity index (χ1n) is 9.48. The smallest absolute Gasteiger partial charge is 0.240 e. The van der Waals surface area contributed by atoms with Crippen LogP contribution in [0.15, 0.2) is 55.3 Å². The largest absolute Gasteiger partial charge is 0.369 e. The maximum absolute atomic E-state index is 13.2. The molecule has 5 rings (SSSR count). The van der Waals surface area contributed by atoms with Gasteiger partial charge in [-0.15, -0.1) is 5.11 Å². The molecule has 6 N–H and O–H groups in total. The number of aliphatic imine (C=N–C) groups is 1. The third kappa shape index (κ3) is 3.28. The van der Waals surface area contributed by atoms with E-state index in [4.69, 9.17) is 10.9 Å². The summed E-state index contributed by atoms with van der Waals surface area (Å²) in [6.45, 7) is 0.447. The van der Waals surface area contributed by atoms with E-state index >= 15 is 0 Å². The van der Waals surface area contributed by atoms with Gasteiger partial charge >= 0.3 is 0 Å². The zero-order valence-corrected chi connectivity index (χ0v) is 18.1. The molecular formula is C18H18N8O4S2. The molecule has 0 unspecified atom stereocenters. The van der Waals surface area contributed by atoms with Crippen molar-refractivity contribution in [1.29, 1.82) is 0 Å². The van der Waals surface area contributed by atoms with Gasteiger partial charge in [0.15, 0.2) is 28.3 Å². The van der Waals surface area contributed by atoms with Gasteiger partial charge in [-0.25, -0.2) is 32.0 Å². The van der Waals surface area contributed by atoms with Gasteiger partial charge in [0.2, 0.25) is 10.0 Å². The number of imidazole rings is 1. The number of hydrogen-bond acceptors (Lipinski definition) is 10. The standard InChI is InChI=1S/C18H18N8O4S2/c19-18-24-12-3-1-9(5-13(12)25-18)11-2-4-14(31(27,28)10-6-21-7-10)16(32(20,29)30)15(11)17-22-8-23-26-17/h1-5,10,21H,6-8H2,(H3,19,24,25)(H2,20,29,30). The monoisotopic (exact) mass is 474 g/mol. The van der Waals surface area contributed by atoms with Crippen LogP contribution in [0.1, 0.15) is 5.56 Å². The summed E-state index contributed by atoms with van der Waals surface area (Å²) in [4.78, 5) is 10.3. The molecule has 3 heterocycles. The van der Waals surface area contributed by atoms with E-state index in [2.05, 4.69) is 30.5 Å². The maximum atomic E-state index is 13.2. The second-order valence-electron chi connectivity index (χ2n) is 7.40. The Labute approximate surface area is 182 Å². The van der Waals surface area contributed by atoms with Gasteiger partial charge in [-0.2, -0.15) is 5.11 Å². The lowest BCUT2D eigenvalue weighted by atomic mass is 9.98. The molecular weight excluding hydrogens is 456 g/mol. The van der Waals surface area contributed by atoms with Gasteiger partial charge in [0.25, 0.3) is 0 Å². The minimum Gasteiger partial charge on any atom is -0.369 e. The molecule has 2 aromatic carbocycles. The topological polar surface area (TPSA) is 198 Å². The molecule has 0 spiro atoms. The number of hydrogen-bond donors (Lipinski definition) is 4. The van der Waals surface area contributed by atoms with Crippen molar-refractivity contribution in [3.05, 3.63) is 35.9 Å². The lowest BCUT2D eigenvalue weighted by Gasteiger charge is -2.28.